The molecule has 1 saturated heterocycles. The van der Waals surface area contributed by atoms with Crippen LogP contribution in [0.3, 0.4) is 0 Å². The first-order valence-corrected chi connectivity index (χ1v) is 10.6. The highest BCUT2D eigenvalue weighted by Gasteiger charge is 2.57. The molecule has 2 heterocycles. The molecular formula is C26H31N3O. The minimum absolute atomic E-state index is 0.108. The Balaban J connectivity index is 1.65. The number of carbonyl (C=O) groups is 1. The first-order chi connectivity index (χ1) is 14.2. The molecule has 1 unspecified atom stereocenters. The van der Waals surface area contributed by atoms with E-state index in [2.05, 4.69) is 103 Å². The molecule has 156 valence electrons. The third kappa shape index (κ3) is 3.20. The lowest BCUT2D eigenvalue weighted by Gasteiger charge is -2.49. The number of anilines is 2. The fourth-order valence-corrected chi connectivity index (χ4v) is 4.71. The molecule has 0 aliphatic carbocycles. The molecule has 4 nitrogen and oxygen atoms in total. The maximum absolute atomic E-state index is 12.5. The van der Waals surface area contributed by atoms with Gasteiger partial charge in [-0.05, 0) is 42.3 Å². The molecule has 1 fully saturated rings. The summed E-state index contributed by atoms with van der Waals surface area (Å²) in [5.41, 5.74) is 5.28. The van der Waals surface area contributed by atoms with Crippen LogP contribution in [0.4, 0.5) is 11.4 Å². The van der Waals surface area contributed by atoms with E-state index in [0.717, 1.165) is 12.1 Å². The van der Waals surface area contributed by atoms with E-state index in [-0.39, 0.29) is 11.3 Å². The van der Waals surface area contributed by atoms with Crippen LogP contribution in [0, 0.1) is 6.92 Å². The van der Waals surface area contributed by atoms with Crippen molar-refractivity contribution in [2.24, 2.45) is 0 Å². The van der Waals surface area contributed by atoms with Crippen LogP contribution in [0.2, 0.25) is 0 Å². The van der Waals surface area contributed by atoms with E-state index in [4.69, 9.17) is 0 Å². The fourth-order valence-electron chi connectivity index (χ4n) is 4.71. The van der Waals surface area contributed by atoms with E-state index in [9.17, 15) is 4.79 Å². The van der Waals surface area contributed by atoms with Gasteiger partial charge in [0.05, 0.1) is 0 Å². The molecule has 2 aliphatic heterocycles. The monoisotopic (exact) mass is 401 g/mol. The number of nitrogens with zero attached hydrogens (tertiary/aromatic N) is 2. The SMILES string of the molecule is Cc1ccc2c(c1)C(C)(C)C1(/C=C/C=C/c3ccc(N(C)C)cc3)NC(=O)CCN21. The molecule has 2 aromatic rings. The Kier molecular flexibility index (Phi) is 4.97. The molecule has 4 heteroatoms. The lowest BCUT2D eigenvalue weighted by atomic mass is 9.74. The Labute approximate surface area is 179 Å². The number of carbonyl (C=O) groups excluding carboxylic acids is 1. The molecule has 0 saturated carbocycles. The van der Waals surface area contributed by atoms with Crippen molar-refractivity contribution in [1.29, 1.82) is 0 Å². The van der Waals surface area contributed by atoms with Crippen LogP contribution >= 0.6 is 0 Å². The van der Waals surface area contributed by atoms with Gasteiger partial charge in [-0.15, -0.1) is 0 Å². The molecule has 1 amide bonds. The summed E-state index contributed by atoms with van der Waals surface area (Å²) in [6, 6.07) is 15.1. The molecule has 30 heavy (non-hydrogen) atoms. The van der Waals surface area contributed by atoms with Crippen molar-refractivity contribution in [2.75, 3.05) is 30.4 Å². The zero-order valence-electron chi connectivity index (χ0n) is 18.6. The largest absolute Gasteiger partial charge is 0.378 e. The Morgan fingerprint density at radius 3 is 2.50 bits per heavy atom. The standard InChI is InChI=1S/C26H31N3O/c1-19-9-14-23-22(18-19)25(2,3)26(27-24(30)15-17-29(23)26)16-7-6-8-20-10-12-21(13-11-20)28(4)5/h6-14,16,18H,15,17H2,1-5H3,(H,27,30)/b8-6+,16-7+. The second-order valence-electron chi connectivity index (χ2n) is 9.07. The number of benzene rings is 2. The molecule has 0 aromatic heterocycles. The topological polar surface area (TPSA) is 35.6 Å². The average molecular weight is 402 g/mol. The van der Waals surface area contributed by atoms with Crippen LogP contribution in [0.25, 0.3) is 6.08 Å². The highest BCUT2D eigenvalue weighted by atomic mass is 16.2. The van der Waals surface area contributed by atoms with Gasteiger partial charge < -0.3 is 15.1 Å². The van der Waals surface area contributed by atoms with Gasteiger partial charge in [-0.3, -0.25) is 4.79 Å². The molecule has 4 rings (SSSR count). The molecular weight excluding hydrogens is 370 g/mol. The minimum atomic E-state index is -0.558. The third-order valence-corrected chi connectivity index (χ3v) is 6.53. The summed E-state index contributed by atoms with van der Waals surface area (Å²) in [6.45, 7) is 7.31. The van der Waals surface area contributed by atoms with E-state index in [1.165, 1.54) is 22.5 Å². The quantitative estimate of drug-likeness (QED) is 0.758. The summed E-state index contributed by atoms with van der Waals surface area (Å²) in [5, 5.41) is 3.33. The van der Waals surface area contributed by atoms with Gasteiger partial charge in [0.15, 0.2) is 0 Å². The van der Waals surface area contributed by atoms with Gasteiger partial charge in [-0.2, -0.15) is 0 Å². The third-order valence-electron chi connectivity index (χ3n) is 6.53. The van der Waals surface area contributed by atoms with E-state index in [1.54, 1.807) is 0 Å². The van der Waals surface area contributed by atoms with Crippen LogP contribution < -0.4 is 15.1 Å². The van der Waals surface area contributed by atoms with Crippen molar-refractivity contribution in [3.63, 3.8) is 0 Å². The van der Waals surface area contributed by atoms with Gasteiger partial charge in [0, 0.05) is 43.9 Å². The number of allylic oxidation sites excluding steroid dienone is 2. The van der Waals surface area contributed by atoms with Crippen molar-refractivity contribution >= 4 is 23.4 Å². The maximum Gasteiger partial charge on any atom is 0.223 e. The lowest BCUT2D eigenvalue weighted by molar-refractivity contribution is -0.124. The van der Waals surface area contributed by atoms with E-state index >= 15 is 0 Å². The molecule has 1 atom stereocenters. The Morgan fingerprint density at radius 2 is 1.80 bits per heavy atom. The van der Waals surface area contributed by atoms with Gasteiger partial charge in [0.25, 0.3) is 0 Å². The molecule has 0 bridgehead atoms. The van der Waals surface area contributed by atoms with Gasteiger partial charge in [-0.1, -0.05) is 61.9 Å². The highest BCUT2D eigenvalue weighted by Crippen LogP contribution is 2.52. The summed E-state index contributed by atoms with van der Waals surface area (Å²) in [7, 11) is 4.08. The molecule has 2 aliphatic rings. The zero-order valence-corrected chi connectivity index (χ0v) is 18.6. The Morgan fingerprint density at radius 1 is 1.07 bits per heavy atom. The molecule has 1 N–H and O–H groups in total. The van der Waals surface area contributed by atoms with Gasteiger partial charge in [0.1, 0.15) is 5.66 Å². The van der Waals surface area contributed by atoms with Crippen LogP contribution in [-0.2, 0) is 10.2 Å². The predicted octanol–water partition coefficient (Wildman–Crippen LogP) is 4.64. The van der Waals surface area contributed by atoms with E-state index in [1.807, 2.05) is 14.1 Å². The summed E-state index contributed by atoms with van der Waals surface area (Å²) >= 11 is 0. The number of hydrogen-bond acceptors (Lipinski definition) is 3. The maximum atomic E-state index is 12.5. The predicted molar refractivity (Wildman–Crippen MR) is 126 cm³/mol. The molecule has 0 spiro atoms. The van der Waals surface area contributed by atoms with E-state index < -0.39 is 5.66 Å². The summed E-state index contributed by atoms with van der Waals surface area (Å²) in [5.74, 6) is 0.108. The second kappa shape index (κ2) is 7.35. The number of amides is 1. The number of aryl methyl sites for hydroxylation is 1. The summed E-state index contributed by atoms with van der Waals surface area (Å²) in [4.78, 5) is 16.9. The number of nitrogens with one attached hydrogen (secondary N) is 1. The van der Waals surface area contributed by atoms with Crippen molar-refractivity contribution < 1.29 is 4.79 Å². The van der Waals surface area contributed by atoms with Crippen LogP contribution in [0.5, 0.6) is 0 Å². The van der Waals surface area contributed by atoms with E-state index in [0.29, 0.717) is 6.42 Å². The first kappa shape index (κ1) is 20.3. The molecule has 2 aromatic carbocycles. The normalized spacial score (nSPS) is 22.3. The van der Waals surface area contributed by atoms with Gasteiger partial charge >= 0.3 is 0 Å². The van der Waals surface area contributed by atoms with Crippen molar-refractivity contribution in [3.05, 3.63) is 77.4 Å². The second-order valence-corrected chi connectivity index (χ2v) is 9.07. The minimum Gasteiger partial charge on any atom is -0.378 e. The smallest absolute Gasteiger partial charge is 0.223 e. The van der Waals surface area contributed by atoms with Crippen molar-refractivity contribution in [3.8, 4) is 0 Å². The van der Waals surface area contributed by atoms with Crippen LogP contribution in [-0.4, -0.2) is 32.2 Å². The fraction of sp³-hybridized carbons (Fsp3) is 0.346. The Bertz CT molecular complexity index is 1020. The number of hydrogen-bond donors (Lipinski definition) is 1. The number of fused-ring (bicyclic) bond motifs is 3. The van der Waals surface area contributed by atoms with Gasteiger partial charge in [-0.25, -0.2) is 0 Å². The lowest BCUT2D eigenvalue weighted by Crippen LogP contribution is -2.68. The zero-order chi connectivity index (χ0) is 21.5. The van der Waals surface area contributed by atoms with Crippen LogP contribution in [0.15, 0.2) is 60.7 Å². The number of rotatable bonds is 4. The van der Waals surface area contributed by atoms with Gasteiger partial charge in [0.2, 0.25) is 5.91 Å². The summed E-state index contributed by atoms with van der Waals surface area (Å²) in [6.07, 6.45) is 8.90. The average Bonchev–Trinajstić information content (AvgIpc) is 2.89. The van der Waals surface area contributed by atoms with Crippen molar-refractivity contribution in [2.45, 2.75) is 38.3 Å². The molecule has 0 radical (unpaired) electrons. The highest BCUT2D eigenvalue weighted by molar-refractivity contribution is 5.84. The van der Waals surface area contributed by atoms with Crippen LogP contribution in [0.1, 0.15) is 37.0 Å². The first-order valence-electron chi connectivity index (χ1n) is 10.6. The van der Waals surface area contributed by atoms with Crippen molar-refractivity contribution in [1.82, 2.24) is 5.32 Å². The Hall–Kier alpha value is -3.01. The summed E-state index contributed by atoms with van der Waals surface area (Å²) < 4.78 is 0.